The van der Waals surface area contributed by atoms with Crippen molar-refractivity contribution in [2.45, 2.75) is 25.5 Å². The molecule has 0 unspecified atom stereocenters. The molecule has 1 fully saturated rings. The van der Waals surface area contributed by atoms with Gasteiger partial charge in [-0.25, -0.2) is 4.99 Å². The number of hydrogen-bond donors (Lipinski definition) is 0. The molecule has 0 spiro atoms. The summed E-state index contributed by atoms with van der Waals surface area (Å²) in [4.78, 5) is 32.7. The molecular formula is C27H25BrN2O4S. The van der Waals surface area contributed by atoms with Gasteiger partial charge < -0.3 is 9.47 Å². The topological polar surface area (TPSA) is 68.2 Å². The molecule has 1 aliphatic heterocycles. The summed E-state index contributed by atoms with van der Waals surface area (Å²) in [5.74, 6) is 1.22. The van der Waals surface area contributed by atoms with Gasteiger partial charge in [0.05, 0.1) is 29.8 Å². The lowest BCUT2D eigenvalue weighted by molar-refractivity contribution is -0.116. The zero-order chi connectivity index (χ0) is 24.8. The number of halogens is 1. The van der Waals surface area contributed by atoms with E-state index in [9.17, 15) is 9.59 Å². The Hall–Kier alpha value is -3.10. The van der Waals surface area contributed by atoms with Gasteiger partial charge in [0, 0.05) is 16.5 Å². The number of amides is 1. The van der Waals surface area contributed by atoms with Crippen molar-refractivity contribution in [2.75, 3.05) is 18.1 Å². The van der Waals surface area contributed by atoms with Crippen LogP contribution in [0.2, 0.25) is 0 Å². The number of nitrogens with zero attached hydrogens (tertiary/aromatic N) is 2. The third-order valence-electron chi connectivity index (χ3n) is 5.25. The van der Waals surface area contributed by atoms with Gasteiger partial charge in [-0.2, -0.15) is 0 Å². The second-order valence-electron chi connectivity index (χ2n) is 7.66. The van der Waals surface area contributed by atoms with E-state index >= 15 is 0 Å². The van der Waals surface area contributed by atoms with Crippen molar-refractivity contribution in [1.82, 2.24) is 0 Å². The maximum atomic E-state index is 13.5. The molecule has 1 heterocycles. The molecule has 0 radical (unpaired) electrons. The van der Waals surface area contributed by atoms with E-state index in [1.165, 1.54) is 11.8 Å². The highest BCUT2D eigenvalue weighted by molar-refractivity contribution is 9.10. The van der Waals surface area contributed by atoms with Crippen molar-refractivity contribution in [3.63, 3.8) is 0 Å². The van der Waals surface area contributed by atoms with E-state index in [0.717, 1.165) is 16.0 Å². The van der Waals surface area contributed by atoms with Crippen LogP contribution >= 0.6 is 27.7 Å². The van der Waals surface area contributed by atoms with Crippen molar-refractivity contribution in [2.24, 2.45) is 4.99 Å². The van der Waals surface area contributed by atoms with Crippen LogP contribution in [0.15, 0.2) is 82.3 Å². The summed E-state index contributed by atoms with van der Waals surface area (Å²) in [6.45, 7) is 4.99. The summed E-state index contributed by atoms with van der Waals surface area (Å²) >= 11 is 4.69. The standard InChI is InChI=1S/C27H25BrN2O4S/c1-3-33-22-13-9-20(10-14-22)29-27-30(21-11-15-23(16-12-21)34-4-2)26(32)25(35-27)17-24(31)18-5-7-19(28)8-6-18/h5-16,25H,3-4,17H2,1-2H3/t25-/m1/s1. The maximum absolute atomic E-state index is 13.5. The van der Waals surface area contributed by atoms with Crippen LogP contribution in [0, 0.1) is 0 Å². The van der Waals surface area contributed by atoms with Crippen LogP contribution in [-0.2, 0) is 4.79 Å². The number of rotatable bonds is 9. The number of ether oxygens (including phenoxy) is 2. The summed E-state index contributed by atoms with van der Waals surface area (Å²) in [6.07, 6.45) is 0.0843. The van der Waals surface area contributed by atoms with Crippen LogP contribution in [0.5, 0.6) is 11.5 Å². The minimum Gasteiger partial charge on any atom is -0.494 e. The minimum absolute atomic E-state index is 0.0843. The van der Waals surface area contributed by atoms with Crippen LogP contribution in [-0.4, -0.2) is 35.3 Å². The predicted octanol–water partition coefficient (Wildman–Crippen LogP) is 6.66. The van der Waals surface area contributed by atoms with Gasteiger partial charge in [-0.1, -0.05) is 39.8 Å². The molecule has 6 nitrogen and oxygen atoms in total. The number of ketones is 1. The van der Waals surface area contributed by atoms with Crippen LogP contribution in [0.4, 0.5) is 11.4 Å². The number of carbonyl (C=O) groups excluding carboxylic acids is 2. The smallest absolute Gasteiger partial charge is 0.247 e. The summed E-state index contributed by atoms with van der Waals surface area (Å²) in [5.41, 5.74) is 1.94. The molecule has 35 heavy (non-hydrogen) atoms. The Labute approximate surface area is 217 Å². The molecule has 180 valence electrons. The van der Waals surface area contributed by atoms with Crippen molar-refractivity contribution >= 4 is 55.9 Å². The highest BCUT2D eigenvalue weighted by Crippen LogP contribution is 2.36. The first-order chi connectivity index (χ1) is 17.0. The van der Waals surface area contributed by atoms with Crippen LogP contribution < -0.4 is 14.4 Å². The van der Waals surface area contributed by atoms with Gasteiger partial charge in [-0.05, 0) is 74.5 Å². The van der Waals surface area contributed by atoms with Gasteiger partial charge in [0.1, 0.15) is 11.5 Å². The molecule has 0 saturated carbocycles. The fraction of sp³-hybridized carbons (Fsp3) is 0.222. The van der Waals surface area contributed by atoms with Crippen molar-refractivity contribution in [3.8, 4) is 11.5 Å². The number of carbonyl (C=O) groups is 2. The molecule has 1 aliphatic rings. The monoisotopic (exact) mass is 552 g/mol. The first kappa shape index (κ1) is 25.0. The number of hydrogen-bond acceptors (Lipinski definition) is 6. The molecule has 0 N–H and O–H groups in total. The Bertz CT molecular complexity index is 1210. The highest BCUT2D eigenvalue weighted by atomic mass is 79.9. The molecule has 0 bridgehead atoms. The lowest BCUT2D eigenvalue weighted by atomic mass is 10.1. The van der Waals surface area contributed by atoms with Crippen LogP contribution in [0.1, 0.15) is 30.6 Å². The van der Waals surface area contributed by atoms with Gasteiger partial charge in [0.2, 0.25) is 5.91 Å². The van der Waals surface area contributed by atoms with Crippen LogP contribution in [0.3, 0.4) is 0 Å². The Morgan fingerprint density at radius 3 is 2.06 bits per heavy atom. The lowest BCUT2D eigenvalue weighted by Gasteiger charge is -2.17. The number of Topliss-reactive ketones (excluding diaryl/α,β-unsaturated/α-hetero) is 1. The highest BCUT2D eigenvalue weighted by Gasteiger charge is 2.40. The molecule has 1 saturated heterocycles. The summed E-state index contributed by atoms with van der Waals surface area (Å²) < 4.78 is 11.9. The summed E-state index contributed by atoms with van der Waals surface area (Å²) in [5, 5.41) is -0.0453. The van der Waals surface area contributed by atoms with E-state index < -0.39 is 5.25 Å². The van der Waals surface area contributed by atoms with E-state index in [1.54, 1.807) is 17.0 Å². The molecule has 4 rings (SSSR count). The molecule has 1 atom stereocenters. The average Bonchev–Trinajstić information content (AvgIpc) is 3.16. The maximum Gasteiger partial charge on any atom is 0.247 e. The molecular weight excluding hydrogens is 528 g/mol. The third kappa shape index (κ3) is 6.13. The number of amidine groups is 1. The van der Waals surface area contributed by atoms with Gasteiger partial charge in [-0.3, -0.25) is 14.5 Å². The number of aliphatic imine (C=N–C) groups is 1. The zero-order valence-corrected chi connectivity index (χ0v) is 21.8. The van der Waals surface area contributed by atoms with Crippen molar-refractivity contribution in [1.29, 1.82) is 0 Å². The Morgan fingerprint density at radius 1 is 0.914 bits per heavy atom. The van der Waals surface area contributed by atoms with E-state index in [1.807, 2.05) is 74.5 Å². The normalized spacial score (nSPS) is 16.5. The van der Waals surface area contributed by atoms with Gasteiger partial charge in [0.25, 0.3) is 0 Å². The Balaban J connectivity index is 1.62. The van der Waals surface area contributed by atoms with Crippen molar-refractivity contribution < 1.29 is 19.1 Å². The number of benzene rings is 3. The molecule has 0 aromatic heterocycles. The fourth-order valence-electron chi connectivity index (χ4n) is 3.59. The average molecular weight is 553 g/mol. The second-order valence-corrected chi connectivity index (χ2v) is 9.75. The molecule has 3 aromatic rings. The largest absolute Gasteiger partial charge is 0.494 e. The number of thioether (sulfide) groups is 1. The first-order valence-electron chi connectivity index (χ1n) is 11.3. The zero-order valence-electron chi connectivity index (χ0n) is 19.4. The Kier molecular flexibility index (Phi) is 8.25. The van der Waals surface area contributed by atoms with Gasteiger partial charge in [-0.15, -0.1) is 0 Å². The molecule has 8 heteroatoms. The Morgan fingerprint density at radius 2 is 1.49 bits per heavy atom. The van der Waals surface area contributed by atoms with E-state index in [4.69, 9.17) is 14.5 Å². The predicted molar refractivity (Wildman–Crippen MR) is 144 cm³/mol. The van der Waals surface area contributed by atoms with E-state index in [-0.39, 0.29) is 18.1 Å². The van der Waals surface area contributed by atoms with Crippen molar-refractivity contribution in [3.05, 3.63) is 82.8 Å². The molecule has 0 aliphatic carbocycles. The van der Waals surface area contributed by atoms with E-state index in [0.29, 0.717) is 35.3 Å². The second kappa shape index (κ2) is 11.6. The SMILES string of the molecule is CCOc1ccc(N=C2S[C@H](CC(=O)c3ccc(Br)cc3)C(=O)N2c2ccc(OCC)cc2)cc1. The molecule has 1 amide bonds. The first-order valence-corrected chi connectivity index (χ1v) is 13.0. The van der Waals surface area contributed by atoms with E-state index in [2.05, 4.69) is 15.9 Å². The quantitative estimate of drug-likeness (QED) is 0.278. The fourth-order valence-corrected chi connectivity index (χ4v) is 5.00. The summed E-state index contributed by atoms with van der Waals surface area (Å²) in [6, 6.07) is 21.9. The molecule has 3 aromatic carbocycles. The van der Waals surface area contributed by atoms with Gasteiger partial charge >= 0.3 is 0 Å². The minimum atomic E-state index is -0.570. The number of anilines is 1. The lowest BCUT2D eigenvalue weighted by Crippen LogP contribution is -2.32. The third-order valence-corrected chi connectivity index (χ3v) is 6.92. The van der Waals surface area contributed by atoms with Crippen LogP contribution in [0.25, 0.3) is 0 Å². The van der Waals surface area contributed by atoms with Gasteiger partial charge in [0.15, 0.2) is 11.0 Å². The summed E-state index contributed by atoms with van der Waals surface area (Å²) in [7, 11) is 0.